The third kappa shape index (κ3) is 2.11. The van der Waals surface area contributed by atoms with Gasteiger partial charge in [0.05, 0.1) is 6.42 Å². The zero-order valence-electron chi connectivity index (χ0n) is 8.88. The van der Waals surface area contributed by atoms with E-state index in [4.69, 9.17) is 5.11 Å². The van der Waals surface area contributed by atoms with Gasteiger partial charge in [-0.1, -0.05) is 22.0 Å². The van der Waals surface area contributed by atoms with Gasteiger partial charge in [0, 0.05) is 21.1 Å². The number of fused-ring (bicyclic) bond motifs is 1. The van der Waals surface area contributed by atoms with Crippen LogP contribution in [0.3, 0.4) is 0 Å². The van der Waals surface area contributed by atoms with Crippen molar-refractivity contribution in [3.05, 3.63) is 33.9 Å². The number of halogens is 1. The number of carboxylic acid groups (broad SMARTS) is 1. The molecule has 2 aromatic rings. The minimum atomic E-state index is -0.765. The monoisotopic (exact) mass is 281 g/mol. The van der Waals surface area contributed by atoms with E-state index in [0.717, 1.165) is 26.6 Å². The molecule has 0 radical (unpaired) electrons. The van der Waals surface area contributed by atoms with E-state index in [1.165, 1.54) is 0 Å². The summed E-state index contributed by atoms with van der Waals surface area (Å²) in [5.74, 6) is -0.765. The van der Waals surface area contributed by atoms with Gasteiger partial charge in [-0.05, 0) is 31.0 Å². The van der Waals surface area contributed by atoms with Crippen molar-refractivity contribution in [2.45, 2.75) is 19.8 Å². The van der Waals surface area contributed by atoms with Gasteiger partial charge in [0.25, 0.3) is 0 Å². The van der Waals surface area contributed by atoms with Crippen LogP contribution < -0.4 is 0 Å². The van der Waals surface area contributed by atoms with Crippen LogP contribution in [-0.2, 0) is 11.2 Å². The van der Waals surface area contributed by atoms with E-state index in [9.17, 15) is 4.79 Å². The molecule has 0 saturated heterocycles. The summed E-state index contributed by atoms with van der Waals surface area (Å²) < 4.78 is 1.02. The van der Waals surface area contributed by atoms with Crippen molar-refractivity contribution in [2.24, 2.45) is 0 Å². The fraction of sp³-hybridized carbons (Fsp3) is 0.250. The lowest BCUT2D eigenvalue weighted by molar-refractivity contribution is -0.136. The van der Waals surface area contributed by atoms with Crippen molar-refractivity contribution in [2.75, 3.05) is 0 Å². The minimum absolute atomic E-state index is 0.162. The summed E-state index contributed by atoms with van der Waals surface area (Å²) >= 11 is 3.41. The zero-order chi connectivity index (χ0) is 11.7. The zero-order valence-corrected chi connectivity index (χ0v) is 10.5. The first-order valence-corrected chi connectivity index (χ1v) is 5.85. The number of aromatic nitrogens is 1. The Morgan fingerprint density at radius 3 is 2.94 bits per heavy atom. The Kier molecular flexibility index (Phi) is 3.01. The largest absolute Gasteiger partial charge is 0.481 e. The molecule has 0 fully saturated rings. The average Bonchev–Trinajstić information content (AvgIpc) is 2.52. The summed E-state index contributed by atoms with van der Waals surface area (Å²) in [7, 11) is 0. The standard InChI is InChI=1S/C12H12BrNO2/c1-7-9-3-2-8(13)6-11(9)14-10(7)4-5-12(15)16/h2-3,6,14H,4-5H2,1H3,(H,15,16). The lowest BCUT2D eigenvalue weighted by atomic mass is 10.1. The lowest BCUT2D eigenvalue weighted by Gasteiger charge is -1.96. The van der Waals surface area contributed by atoms with E-state index >= 15 is 0 Å². The van der Waals surface area contributed by atoms with Gasteiger partial charge in [-0.3, -0.25) is 4.79 Å². The van der Waals surface area contributed by atoms with Crippen molar-refractivity contribution in [1.29, 1.82) is 0 Å². The smallest absolute Gasteiger partial charge is 0.303 e. The molecule has 0 saturated carbocycles. The fourth-order valence-corrected chi connectivity index (χ4v) is 2.21. The molecular formula is C12H12BrNO2. The highest BCUT2D eigenvalue weighted by Gasteiger charge is 2.08. The molecule has 0 unspecified atom stereocenters. The third-order valence-corrected chi connectivity index (χ3v) is 3.21. The molecule has 0 amide bonds. The Bertz CT molecular complexity index is 545. The van der Waals surface area contributed by atoms with Gasteiger partial charge in [0.1, 0.15) is 0 Å². The van der Waals surface area contributed by atoms with Crippen LogP contribution in [0.5, 0.6) is 0 Å². The normalized spacial score (nSPS) is 10.9. The SMILES string of the molecule is Cc1c(CCC(=O)O)[nH]c2cc(Br)ccc12. The fourth-order valence-electron chi connectivity index (χ4n) is 1.85. The van der Waals surface area contributed by atoms with Crippen LogP contribution in [0.1, 0.15) is 17.7 Å². The van der Waals surface area contributed by atoms with Crippen molar-refractivity contribution in [3.63, 3.8) is 0 Å². The number of carboxylic acids is 1. The molecule has 0 bridgehead atoms. The summed E-state index contributed by atoms with van der Waals surface area (Å²) in [5, 5.41) is 9.82. The Hall–Kier alpha value is -1.29. The second kappa shape index (κ2) is 4.29. The number of aliphatic carboxylic acids is 1. The van der Waals surface area contributed by atoms with Crippen molar-refractivity contribution in [3.8, 4) is 0 Å². The molecule has 0 aliphatic rings. The number of rotatable bonds is 3. The van der Waals surface area contributed by atoms with E-state index in [-0.39, 0.29) is 6.42 Å². The van der Waals surface area contributed by atoms with E-state index in [0.29, 0.717) is 6.42 Å². The number of aromatic amines is 1. The van der Waals surface area contributed by atoms with Crippen LogP contribution in [0.15, 0.2) is 22.7 Å². The summed E-state index contributed by atoms with van der Waals surface area (Å²) in [6.07, 6.45) is 0.711. The molecule has 0 aliphatic heterocycles. The quantitative estimate of drug-likeness (QED) is 0.907. The van der Waals surface area contributed by atoms with Gasteiger partial charge < -0.3 is 10.1 Å². The Morgan fingerprint density at radius 1 is 1.50 bits per heavy atom. The van der Waals surface area contributed by atoms with E-state index in [1.54, 1.807) is 0 Å². The maximum Gasteiger partial charge on any atom is 0.303 e. The van der Waals surface area contributed by atoms with Gasteiger partial charge in [-0.15, -0.1) is 0 Å². The number of hydrogen-bond acceptors (Lipinski definition) is 1. The van der Waals surface area contributed by atoms with Gasteiger partial charge in [0.2, 0.25) is 0 Å². The number of nitrogens with one attached hydrogen (secondary N) is 1. The number of benzene rings is 1. The van der Waals surface area contributed by atoms with Gasteiger partial charge in [-0.2, -0.15) is 0 Å². The molecule has 0 aliphatic carbocycles. The highest BCUT2D eigenvalue weighted by molar-refractivity contribution is 9.10. The Labute approximate surface area is 102 Å². The summed E-state index contributed by atoms with van der Waals surface area (Å²) in [6, 6.07) is 6.03. The lowest BCUT2D eigenvalue weighted by Crippen LogP contribution is -1.98. The molecule has 84 valence electrons. The van der Waals surface area contributed by atoms with Crippen LogP contribution in [0.4, 0.5) is 0 Å². The first kappa shape index (κ1) is 11.2. The second-order valence-electron chi connectivity index (χ2n) is 3.81. The molecule has 0 atom stereocenters. The molecule has 2 N–H and O–H groups in total. The molecule has 1 aromatic heterocycles. The molecule has 2 rings (SSSR count). The number of carbonyl (C=O) groups is 1. The molecular weight excluding hydrogens is 270 g/mol. The van der Waals surface area contributed by atoms with Gasteiger partial charge in [0.15, 0.2) is 0 Å². The summed E-state index contributed by atoms with van der Waals surface area (Å²) in [4.78, 5) is 13.8. The topological polar surface area (TPSA) is 53.1 Å². The highest BCUT2D eigenvalue weighted by atomic mass is 79.9. The van der Waals surface area contributed by atoms with Crippen LogP contribution in [0.25, 0.3) is 10.9 Å². The second-order valence-corrected chi connectivity index (χ2v) is 4.73. The maximum atomic E-state index is 10.5. The summed E-state index contributed by atoms with van der Waals surface area (Å²) in [6.45, 7) is 2.02. The Morgan fingerprint density at radius 2 is 2.25 bits per heavy atom. The van der Waals surface area contributed by atoms with Crippen molar-refractivity contribution in [1.82, 2.24) is 4.98 Å². The first-order chi connectivity index (χ1) is 7.58. The van der Waals surface area contributed by atoms with Crippen LogP contribution in [-0.4, -0.2) is 16.1 Å². The first-order valence-electron chi connectivity index (χ1n) is 5.06. The maximum absolute atomic E-state index is 10.5. The van der Waals surface area contributed by atoms with E-state index < -0.39 is 5.97 Å². The number of H-pyrrole nitrogens is 1. The number of aryl methyl sites for hydroxylation is 2. The predicted octanol–water partition coefficient (Wildman–Crippen LogP) is 3.26. The predicted molar refractivity (Wildman–Crippen MR) is 66.7 cm³/mol. The van der Waals surface area contributed by atoms with Crippen molar-refractivity contribution < 1.29 is 9.90 Å². The average molecular weight is 282 g/mol. The van der Waals surface area contributed by atoms with Gasteiger partial charge >= 0.3 is 5.97 Å². The minimum Gasteiger partial charge on any atom is -0.481 e. The number of hydrogen-bond donors (Lipinski definition) is 2. The van der Waals surface area contributed by atoms with E-state index in [2.05, 4.69) is 20.9 Å². The Balaban J connectivity index is 2.39. The van der Waals surface area contributed by atoms with Crippen LogP contribution in [0, 0.1) is 6.92 Å². The molecule has 16 heavy (non-hydrogen) atoms. The van der Waals surface area contributed by atoms with Crippen molar-refractivity contribution >= 4 is 32.8 Å². The van der Waals surface area contributed by atoms with Crippen LogP contribution >= 0.6 is 15.9 Å². The molecule has 1 heterocycles. The summed E-state index contributed by atoms with van der Waals surface area (Å²) in [5.41, 5.74) is 3.20. The molecule has 1 aromatic carbocycles. The van der Waals surface area contributed by atoms with Crippen LogP contribution in [0.2, 0.25) is 0 Å². The van der Waals surface area contributed by atoms with Gasteiger partial charge in [-0.25, -0.2) is 0 Å². The molecule has 3 nitrogen and oxygen atoms in total. The molecule has 4 heteroatoms. The highest BCUT2D eigenvalue weighted by Crippen LogP contribution is 2.25. The van der Waals surface area contributed by atoms with E-state index in [1.807, 2.05) is 25.1 Å². The molecule has 0 spiro atoms. The third-order valence-electron chi connectivity index (χ3n) is 2.71.